The molecule has 6 nitrogen and oxygen atoms in total. The molecule has 0 bridgehead atoms. The van der Waals surface area contributed by atoms with Crippen LogP contribution in [0, 0.1) is 5.92 Å². The molecule has 0 spiro atoms. The minimum absolute atomic E-state index is 0.0368. The van der Waals surface area contributed by atoms with Gasteiger partial charge in [-0.1, -0.05) is 16.8 Å². The van der Waals surface area contributed by atoms with Gasteiger partial charge in [0.05, 0.1) is 0 Å². The van der Waals surface area contributed by atoms with Gasteiger partial charge in [0.1, 0.15) is 0 Å². The molecule has 1 fully saturated rings. The highest BCUT2D eigenvalue weighted by Gasteiger charge is 2.31. The van der Waals surface area contributed by atoms with Crippen LogP contribution in [0.3, 0.4) is 0 Å². The SMILES string of the molecule is NCC(NC(=O)CCCc1nc(-c2ccc(Cl)cc2)no1)C1CC1. The molecule has 7 heteroatoms. The lowest BCUT2D eigenvalue weighted by Crippen LogP contribution is -2.41. The van der Waals surface area contributed by atoms with Crippen LogP contribution >= 0.6 is 11.6 Å². The minimum atomic E-state index is 0.0368. The largest absolute Gasteiger partial charge is 0.352 e. The highest BCUT2D eigenvalue weighted by molar-refractivity contribution is 6.30. The molecule has 1 atom stereocenters. The first kappa shape index (κ1) is 16.9. The lowest BCUT2D eigenvalue weighted by molar-refractivity contribution is -0.122. The van der Waals surface area contributed by atoms with Crippen LogP contribution in [0.2, 0.25) is 5.02 Å². The summed E-state index contributed by atoms with van der Waals surface area (Å²) >= 11 is 5.86. The topological polar surface area (TPSA) is 94.0 Å². The number of amides is 1. The molecule has 1 aromatic heterocycles. The van der Waals surface area contributed by atoms with Gasteiger partial charge in [0, 0.05) is 36.0 Å². The Labute approximate surface area is 145 Å². The van der Waals surface area contributed by atoms with Gasteiger partial charge in [0.2, 0.25) is 17.6 Å². The van der Waals surface area contributed by atoms with E-state index in [1.165, 1.54) is 0 Å². The molecule has 2 aromatic rings. The van der Waals surface area contributed by atoms with Crippen LogP contribution in [0.4, 0.5) is 0 Å². The third-order valence-electron chi connectivity index (χ3n) is 4.16. The summed E-state index contributed by atoms with van der Waals surface area (Å²) in [6, 6.07) is 7.37. The fourth-order valence-corrected chi connectivity index (χ4v) is 2.75. The van der Waals surface area contributed by atoms with E-state index in [2.05, 4.69) is 15.5 Å². The maximum atomic E-state index is 11.9. The van der Waals surface area contributed by atoms with Crippen molar-refractivity contribution < 1.29 is 9.32 Å². The molecule has 3 N–H and O–H groups in total. The molecular weight excluding hydrogens is 328 g/mol. The van der Waals surface area contributed by atoms with Crippen LogP contribution in [0.15, 0.2) is 28.8 Å². The van der Waals surface area contributed by atoms with E-state index in [-0.39, 0.29) is 11.9 Å². The Morgan fingerprint density at radius 1 is 1.38 bits per heavy atom. The van der Waals surface area contributed by atoms with Gasteiger partial charge in [-0.25, -0.2) is 0 Å². The average molecular weight is 349 g/mol. The minimum Gasteiger partial charge on any atom is -0.352 e. The zero-order chi connectivity index (χ0) is 16.9. The molecular formula is C17H21ClN4O2. The van der Waals surface area contributed by atoms with Crippen LogP contribution < -0.4 is 11.1 Å². The maximum absolute atomic E-state index is 11.9. The number of nitrogens with zero attached hydrogens (tertiary/aromatic N) is 2. The van der Waals surface area contributed by atoms with Gasteiger partial charge >= 0.3 is 0 Å². The first-order valence-corrected chi connectivity index (χ1v) is 8.61. The summed E-state index contributed by atoms with van der Waals surface area (Å²) in [5.74, 6) is 1.67. The number of nitrogens with one attached hydrogen (secondary N) is 1. The van der Waals surface area contributed by atoms with Crippen molar-refractivity contribution in [3.8, 4) is 11.4 Å². The average Bonchev–Trinajstić information content (AvgIpc) is 3.32. The summed E-state index contributed by atoms with van der Waals surface area (Å²) in [5, 5.41) is 7.63. The van der Waals surface area contributed by atoms with Crippen molar-refractivity contribution >= 4 is 17.5 Å². The van der Waals surface area contributed by atoms with Gasteiger partial charge in [0.15, 0.2) is 0 Å². The van der Waals surface area contributed by atoms with Crippen molar-refractivity contribution in [1.82, 2.24) is 15.5 Å². The van der Waals surface area contributed by atoms with Crippen LogP contribution in [0.5, 0.6) is 0 Å². The maximum Gasteiger partial charge on any atom is 0.226 e. The summed E-state index contributed by atoms with van der Waals surface area (Å²) in [7, 11) is 0. The number of hydrogen-bond donors (Lipinski definition) is 2. The van der Waals surface area contributed by atoms with E-state index >= 15 is 0 Å². The first-order chi connectivity index (χ1) is 11.7. The summed E-state index contributed by atoms with van der Waals surface area (Å²) in [6.45, 7) is 0.504. The van der Waals surface area contributed by atoms with Crippen molar-refractivity contribution in [2.45, 2.75) is 38.1 Å². The second-order valence-electron chi connectivity index (χ2n) is 6.12. The van der Waals surface area contributed by atoms with E-state index in [9.17, 15) is 4.79 Å². The molecule has 128 valence electrons. The Kier molecular flexibility index (Phi) is 5.48. The summed E-state index contributed by atoms with van der Waals surface area (Å²) in [6.07, 6.45) is 4.00. The number of rotatable bonds is 8. The smallest absolute Gasteiger partial charge is 0.226 e. The van der Waals surface area contributed by atoms with E-state index in [1.54, 1.807) is 12.1 Å². The van der Waals surface area contributed by atoms with Gasteiger partial charge < -0.3 is 15.6 Å². The van der Waals surface area contributed by atoms with Crippen molar-refractivity contribution in [3.63, 3.8) is 0 Å². The molecule has 1 heterocycles. The summed E-state index contributed by atoms with van der Waals surface area (Å²) < 4.78 is 5.24. The van der Waals surface area contributed by atoms with Crippen LogP contribution in [0.1, 0.15) is 31.6 Å². The molecule has 24 heavy (non-hydrogen) atoms. The van der Waals surface area contributed by atoms with Gasteiger partial charge in [-0.05, 0) is 49.4 Å². The number of carbonyl (C=O) groups is 1. The fraction of sp³-hybridized carbons (Fsp3) is 0.471. The molecule has 0 radical (unpaired) electrons. The molecule has 1 unspecified atom stereocenters. The lowest BCUT2D eigenvalue weighted by atomic mass is 10.1. The monoisotopic (exact) mass is 348 g/mol. The van der Waals surface area contributed by atoms with E-state index in [1.807, 2.05) is 12.1 Å². The number of benzene rings is 1. The standard InChI is InChI=1S/C17H21ClN4O2/c18-13-8-6-12(7-9-13)17-21-16(24-22-17)3-1-2-15(23)20-14(10-19)11-4-5-11/h6-9,11,14H,1-5,10,19H2,(H,20,23). The van der Waals surface area contributed by atoms with E-state index < -0.39 is 0 Å². The van der Waals surface area contributed by atoms with Crippen LogP contribution in [0.25, 0.3) is 11.4 Å². The number of nitrogens with two attached hydrogens (primary N) is 1. The van der Waals surface area contributed by atoms with E-state index in [4.69, 9.17) is 21.9 Å². The van der Waals surface area contributed by atoms with Crippen LogP contribution in [-0.2, 0) is 11.2 Å². The number of halogens is 1. The van der Waals surface area contributed by atoms with Gasteiger partial charge in [-0.3, -0.25) is 4.79 Å². The Morgan fingerprint density at radius 3 is 2.79 bits per heavy atom. The predicted octanol–water partition coefficient (Wildman–Crippen LogP) is 2.57. The zero-order valence-corrected chi connectivity index (χ0v) is 14.1. The lowest BCUT2D eigenvalue weighted by Gasteiger charge is -2.15. The van der Waals surface area contributed by atoms with Gasteiger partial charge in [-0.15, -0.1) is 0 Å². The van der Waals surface area contributed by atoms with Crippen molar-refractivity contribution in [2.24, 2.45) is 11.7 Å². The molecule has 3 rings (SSSR count). The molecule has 1 saturated carbocycles. The highest BCUT2D eigenvalue weighted by atomic mass is 35.5. The second kappa shape index (κ2) is 7.77. The molecule has 1 aliphatic carbocycles. The zero-order valence-electron chi connectivity index (χ0n) is 13.4. The Bertz CT molecular complexity index is 682. The first-order valence-electron chi connectivity index (χ1n) is 8.23. The normalized spacial score (nSPS) is 15.2. The molecule has 1 amide bonds. The number of aromatic nitrogens is 2. The van der Waals surface area contributed by atoms with Crippen molar-refractivity contribution in [1.29, 1.82) is 0 Å². The van der Waals surface area contributed by atoms with Crippen molar-refractivity contribution in [3.05, 3.63) is 35.2 Å². The predicted molar refractivity (Wildman–Crippen MR) is 91.4 cm³/mol. The third kappa shape index (κ3) is 4.55. The number of aryl methyl sites for hydroxylation is 1. The Balaban J connectivity index is 1.45. The van der Waals surface area contributed by atoms with Crippen LogP contribution in [-0.4, -0.2) is 28.6 Å². The fourth-order valence-electron chi connectivity index (χ4n) is 2.62. The third-order valence-corrected chi connectivity index (χ3v) is 4.41. The second-order valence-corrected chi connectivity index (χ2v) is 6.56. The number of carbonyl (C=O) groups excluding carboxylic acids is 1. The van der Waals surface area contributed by atoms with Gasteiger partial charge in [0.25, 0.3) is 0 Å². The van der Waals surface area contributed by atoms with Gasteiger partial charge in [-0.2, -0.15) is 4.98 Å². The summed E-state index contributed by atoms with van der Waals surface area (Å²) in [4.78, 5) is 16.3. The molecule has 1 aromatic carbocycles. The quantitative estimate of drug-likeness (QED) is 0.764. The molecule has 0 aliphatic heterocycles. The highest BCUT2D eigenvalue weighted by Crippen LogP contribution is 2.32. The van der Waals surface area contributed by atoms with E-state index in [0.717, 1.165) is 18.4 Å². The molecule has 0 saturated heterocycles. The van der Waals surface area contributed by atoms with Crippen molar-refractivity contribution in [2.75, 3.05) is 6.54 Å². The Hall–Kier alpha value is -1.92. The Morgan fingerprint density at radius 2 is 2.12 bits per heavy atom. The van der Waals surface area contributed by atoms with E-state index in [0.29, 0.717) is 48.5 Å². The summed E-state index contributed by atoms with van der Waals surface area (Å²) in [5.41, 5.74) is 6.54. The molecule has 1 aliphatic rings. The number of hydrogen-bond acceptors (Lipinski definition) is 5.